The third-order valence-corrected chi connectivity index (χ3v) is 6.03. The highest BCUT2D eigenvalue weighted by molar-refractivity contribution is 5.94. The van der Waals surface area contributed by atoms with Crippen LogP contribution in [0.5, 0.6) is 0 Å². The largest absolute Gasteiger partial charge is 0.416 e. The van der Waals surface area contributed by atoms with Gasteiger partial charge in [-0.1, -0.05) is 38.1 Å². The van der Waals surface area contributed by atoms with Crippen molar-refractivity contribution in [3.05, 3.63) is 70.8 Å². The van der Waals surface area contributed by atoms with E-state index in [4.69, 9.17) is 0 Å². The molecule has 0 N–H and O–H groups in total. The second-order valence-electron chi connectivity index (χ2n) is 8.73. The summed E-state index contributed by atoms with van der Waals surface area (Å²) >= 11 is 0. The van der Waals surface area contributed by atoms with Crippen molar-refractivity contribution in [1.29, 1.82) is 0 Å². The predicted molar refractivity (Wildman–Crippen MR) is 117 cm³/mol. The monoisotopic (exact) mass is 446 g/mol. The highest BCUT2D eigenvalue weighted by atomic mass is 19.4. The number of carbonyl (C=O) groups is 2. The Hall–Kier alpha value is -2.83. The van der Waals surface area contributed by atoms with Gasteiger partial charge in [-0.3, -0.25) is 9.59 Å². The van der Waals surface area contributed by atoms with E-state index in [1.54, 1.807) is 16.8 Å². The normalized spacial score (nSPS) is 15.2. The van der Waals surface area contributed by atoms with Gasteiger partial charge < -0.3 is 9.80 Å². The lowest BCUT2D eigenvalue weighted by Crippen LogP contribution is -2.43. The van der Waals surface area contributed by atoms with E-state index < -0.39 is 11.7 Å². The number of alkyl halides is 3. The van der Waals surface area contributed by atoms with Crippen LogP contribution in [0.1, 0.15) is 59.7 Å². The minimum atomic E-state index is -4.43. The zero-order valence-electron chi connectivity index (χ0n) is 18.7. The molecular formula is C25H29F3N2O2. The first kappa shape index (κ1) is 23.8. The zero-order valence-corrected chi connectivity index (χ0v) is 18.7. The van der Waals surface area contributed by atoms with Crippen molar-refractivity contribution >= 4 is 11.8 Å². The van der Waals surface area contributed by atoms with Crippen molar-refractivity contribution in [2.45, 2.75) is 45.3 Å². The summed E-state index contributed by atoms with van der Waals surface area (Å²) < 4.78 is 38.1. The Morgan fingerprint density at radius 2 is 1.56 bits per heavy atom. The van der Waals surface area contributed by atoms with Gasteiger partial charge in [0.05, 0.1) is 5.56 Å². The average molecular weight is 447 g/mol. The molecule has 1 fully saturated rings. The van der Waals surface area contributed by atoms with Crippen molar-refractivity contribution < 1.29 is 22.8 Å². The fourth-order valence-corrected chi connectivity index (χ4v) is 3.99. The Morgan fingerprint density at radius 1 is 1.00 bits per heavy atom. The summed E-state index contributed by atoms with van der Waals surface area (Å²) in [5.74, 6) is 0.0493. The lowest BCUT2D eigenvalue weighted by molar-refractivity contribution is -0.137. The SMILES string of the molecule is CC(C)c1ccc(CN(C)C(=O)C2CCN(C(=O)c3ccc(C(F)(F)F)cc3)CC2)cc1. The van der Waals surface area contributed by atoms with Gasteiger partial charge >= 0.3 is 6.18 Å². The molecule has 0 aliphatic carbocycles. The van der Waals surface area contributed by atoms with Crippen LogP contribution in [0.25, 0.3) is 0 Å². The van der Waals surface area contributed by atoms with E-state index in [2.05, 4.69) is 26.0 Å². The van der Waals surface area contributed by atoms with E-state index >= 15 is 0 Å². The van der Waals surface area contributed by atoms with Crippen LogP contribution in [-0.2, 0) is 17.5 Å². The van der Waals surface area contributed by atoms with Crippen LogP contribution in [0.3, 0.4) is 0 Å². The predicted octanol–water partition coefficient (Wildman–Crippen LogP) is 5.34. The number of likely N-dealkylation sites (tertiary alicyclic amines) is 1. The molecule has 7 heteroatoms. The molecule has 0 unspecified atom stereocenters. The molecule has 1 aliphatic rings. The maximum absolute atomic E-state index is 12.9. The van der Waals surface area contributed by atoms with Gasteiger partial charge in [0.25, 0.3) is 5.91 Å². The molecular weight excluding hydrogens is 417 g/mol. The summed E-state index contributed by atoms with van der Waals surface area (Å²) in [6.45, 7) is 5.63. The van der Waals surface area contributed by atoms with Crippen molar-refractivity contribution in [2.24, 2.45) is 5.92 Å². The van der Waals surface area contributed by atoms with E-state index in [1.165, 1.54) is 17.7 Å². The molecule has 1 aliphatic heterocycles. The quantitative estimate of drug-likeness (QED) is 0.622. The molecule has 3 rings (SSSR count). The highest BCUT2D eigenvalue weighted by Crippen LogP contribution is 2.29. The van der Waals surface area contributed by atoms with Gasteiger partial charge in [-0.2, -0.15) is 13.2 Å². The van der Waals surface area contributed by atoms with Crippen LogP contribution in [0.15, 0.2) is 48.5 Å². The van der Waals surface area contributed by atoms with Crippen LogP contribution < -0.4 is 0 Å². The molecule has 172 valence electrons. The molecule has 32 heavy (non-hydrogen) atoms. The van der Waals surface area contributed by atoms with Gasteiger partial charge in [0.1, 0.15) is 0 Å². The van der Waals surface area contributed by atoms with Crippen LogP contribution in [-0.4, -0.2) is 41.8 Å². The van der Waals surface area contributed by atoms with E-state index in [1.807, 2.05) is 12.1 Å². The third-order valence-electron chi connectivity index (χ3n) is 6.03. The molecule has 0 spiro atoms. The Labute approximate surface area is 187 Å². The van der Waals surface area contributed by atoms with Crippen molar-refractivity contribution in [1.82, 2.24) is 9.80 Å². The van der Waals surface area contributed by atoms with Gasteiger partial charge in [0.15, 0.2) is 0 Å². The minimum Gasteiger partial charge on any atom is -0.341 e. The molecule has 2 aromatic carbocycles. The minimum absolute atomic E-state index is 0.0552. The van der Waals surface area contributed by atoms with Crippen molar-refractivity contribution in [3.8, 4) is 0 Å². The second kappa shape index (κ2) is 9.76. The van der Waals surface area contributed by atoms with E-state index in [9.17, 15) is 22.8 Å². The molecule has 0 radical (unpaired) electrons. The van der Waals surface area contributed by atoms with Crippen molar-refractivity contribution in [2.75, 3.05) is 20.1 Å². The van der Waals surface area contributed by atoms with Crippen LogP contribution in [0.4, 0.5) is 13.2 Å². The smallest absolute Gasteiger partial charge is 0.341 e. The summed E-state index contributed by atoms with van der Waals surface area (Å²) in [5.41, 5.74) is 1.78. The third kappa shape index (κ3) is 5.69. The Kier molecular flexibility index (Phi) is 7.26. The summed E-state index contributed by atoms with van der Waals surface area (Å²) in [6, 6.07) is 12.5. The number of halogens is 3. The number of benzene rings is 2. The molecule has 1 heterocycles. The lowest BCUT2D eigenvalue weighted by Gasteiger charge is -2.33. The number of hydrogen-bond acceptors (Lipinski definition) is 2. The Balaban J connectivity index is 1.53. The first-order valence-electron chi connectivity index (χ1n) is 10.9. The topological polar surface area (TPSA) is 40.6 Å². The lowest BCUT2D eigenvalue weighted by atomic mass is 9.94. The number of carbonyl (C=O) groups excluding carboxylic acids is 2. The number of piperidine rings is 1. The Bertz CT molecular complexity index is 929. The molecule has 4 nitrogen and oxygen atoms in total. The van der Waals surface area contributed by atoms with Crippen LogP contribution in [0, 0.1) is 5.92 Å². The number of nitrogens with zero attached hydrogens (tertiary/aromatic N) is 2. The zero-order chi connectivity index (χ0) is 23.5. The molecule has 0 saturated carbocycles. The van der Waals surface area contributed by atoms with Crippen LogP contribution >= 0.6 is 0 Å². The second-order valence-corrected chi connectivity index (χ2v) is 8.73. The van der Waals surface area contributed by atoms with Gasteiger partial charge in [-0.15, -0.1) is 0 Å². The molecule has 0 aromatic heterocycles. The first-order chi connectivity index (χ1) is 15.1. The standard InChI is InChI=1S/C25H29F3N2O2/c1-17(2)19-6-4-18(5-7-19)16-29(3)23(31)21-12-14-30(15-13-21)24(32)20-8-10-22(11-9-20)25(26,27)28/h4-11,17,21H,12-16H2,1-3H3. The fraction of sp³-hybridized carbons (Fsp3) is 0.440. The van der Waals surface area contributed by atoms with E-state index in [0.29, 0.717) is 38.4 Å². The average Bonchev–Trinajstić information content (AvgIpc) is 2.78. The van der Waals surface area contributed by atoms with Gasteiger partial charge in [-0.25, -0.2) is 0 Å². The number of amides is 2. The van der Waals surface area contributed by atoms with Crippen molar-refractivity contribution in [3.63, 3.8) is 0 Å². The maximum atomic E-state index is 12.9. The number of rotatable bonds is 5. The summed E-state index contributed by atoms with van der Waals surface area (Å²) in [7, 11) is 1.79. The molecule has 1 saturated heterocycles. The summed E-state index contributed by atoms with van der Waals surface area (Å²) in [4.78, 5) is 28.8. The fourth-order valence-electron chi connectivity index (χ4n) is 3.99. The first-order valence-corrected chi connectivity index (χ1v) is 10.9. The highest BCUT2D eigenvalue weighted by Gasteiger charge is 2.32. The molecule has 0 atom stereocenters. The molecule has 0 bridgehead atoms. The van der Waals surface area contributed by atoms with Gasteiger partial charge in [0.2, 0.25) is 5.91 Å². The molecule has 2 amide bonds. The Morgan fingerprint density at radius 3 is 2.06 bits per heavy atom. The van der Waals surface area contributed by atoms with E-state index in [0.717, 1.165) is 17.7 Å². The van der Waals surface area contributed by atoms with Gasteiger partial charge in [0, 0.05) is 38.2 Å². The van der Waals surface area contributed by atoms with E-state index in [-0.39, 0.29) is 23.3 Å². The summed E-state index contributed by atoms with van der Waals surface area (Å²) in [5, 5.41) is 0. The number of hydrogen-bond donors (Lipinski definition) is 0. The maximum Gasteiger partial charge on any atom is 0.416 e. The molecule has 2 aromatic rings. The van der Waals surface area contributed by atoms with Gasteiger partial charge in [-0.05, 0) is 54.2 Å². The van der Waals surface area contributed by atoms with Crippen LogP contribution in [0.2, 0.25) is 0 Å². The summed E-state index contributed by atoms with van der Waals surface area (Å²) in [6.07, 6.45) is -3.34.